The maximum absolute atomic E-state index is 5.59. The molecule has 20 heavy (non-hydrogen) atoms. The summed E-state index contributed by atoms with van der Waals surface area (Å²) in [6, 6.07) is 10.5. The maximum atomic E-state index is 5.59. The lowest BCUT2D eigenvalue weighted by molar-refractivity contribution is 0.654. The van der Waals surface area contributed by atoms with Crippen LogP contribution in [-0.2, 0) is 19.5 Å². The summed E-state index contributed by atoms with van der Waals surface area (Å²) in [6.45, 7) is 4.51. The van der Waals surface area contributed by atoms with E-state index in [-0.39, 0.29) is 0 Å². The fraction of sp³-hybridized carbons (Fsp3) is 0.312. The van der Waals surface area contributed by atoms with Gasteiger partial charge in [-0.05, 0) is 37.6 Å². The fourth-order valence-electron chi connectivity index (χ4n) is 2.63. The molecular weight excluding hydrogens is 248 g/mol. The number of benzene rings is 1. The van der Waals surface area contributed by atoms with Gasteiger partial charge in [0, 0.05) is 24.3 Å². The molecule has 0 saturated carbocycles. The van der Waals surface area contributed by atoms with E-state index in [9.17, 15) is 0 Å². The molecule has 4 heteroatoms. The van der Waals surface area contributed by atoms with E-state index in [1.165, 1.54) is 16.5 Å². The highest BCUT2D eigenvalue weighted by molar-refractivity contribution is 5.81. The highest BCUT2D eigenvalue weighted by atomic mass is 15.3. The second kappa shape index (κ2) is 5.51. The first-order valence-corrected chi connectivity index (χ1v) is 7.11. The first-order valence-electron chi connectivity index (χ1n) is 7.11. The molecule has 3 aromatic rings. The summed E-state index contributed by atoms with van der Waals surface area (Å²) in [5, 5.41) is 5.97. The topological polar surface area (TPSA) is 48.8 Å². The average molecular weight is 268 g/mol. The minimum atomic E-state index is 0.692. The Hall–Kier alpha value is -2.07. The van der Waals surface area contributed by atoms with Crippen LogP contribution in [0.15, 0.2) is 42.7 Å². The van der Waals surface area contributed by atoms with Crippen LogP contribution in [0.3, 0.4) is 0 Å². The molecule has 104 valence electrons. The molecule has 0 fully saturated rings. The Labute approximate surface area is 118 Å². The Bertz CT molecular complexity index is 708. The summed E-state index contributed by atoms with van der Waals surface area (Å²) in [7, 11) is 0. The van der Waals surface area contributed by atoms with Crippen molar-refractivity contribution in [3.05, 3.63) is 54.0 Å². The van der Waals surface area contributed by atoms with Gasteiger partial charge in [0.25, 0.3) is 0 Å². The van der Waals surface area contributed by atoms with E-state index in [1.54, 1.807) is 0 Å². The predicted octanol–water partition coefficient (Wildman–Crippen LogP) is 2.41. The third kappa shape index (κ3) is 2.34. The molecule has 0 spiro atoms. The van der Waals surface area contributed by atoms with Crippen molar-refractivity contribution in [1.29, 1.82) is 0 Å². The van der Waals surface area contributed by atoms with Gasteiger partial charge in [-0.1, -0.05) is 18.2 Å². The van der Waals surface area contributed by atoms with E-state index in [2.05, 4.69) is 58.9 Å². The van der Waals surface area contributed by atoms with Crippen LogP contribution in [0.5, 0.6) is 0 Å². The van der Waals surface area contributed by atoms with Gasteiger partial charge >= 0.3 is 0 Å². The standard InChI is InChI=1S/C16H20N4/c1-2-20-16-6-4-3-5-14(16)15(18-20)12-19-10-8-13(11-19)7-9-17/h3-6,8,10-11H,2,7,9,12,17H2,1H3. The Morgan fingerprint density at radius 2 is 2.05 bits per heavy atom. The summed E-state index contributed by atoms with van der Waals surface area (Å²) in [5.74, 6) is 0. The number of hydrogen-bond donors (Lipinski definition) is 1. The summed E-state index contributed by atoms with van der Waals surface area (Å²) in [4.78, 5) is 0. The Kier molecular flexibility index (Phi) is 3.56. The molecule has 0 saturated heterocycles. The van der Waals surface area contributed by atoms with Crippen molar-refractivity contribution >= 4 is 10.9 Å². The van der Waals surface area contributed by atoms with E-state index in [1.807, 2.05) is 0 Å². The van der Waals surface area contributed by atoms with Crippen molar-refractivity contribution in [3.8, 4) is 0 Å². The molecule has 0 bridgehead atoms. The van der Waals surface area contributed by atoms with E-state index in [4.69, 9.17) is 10.8 Å². The van der Waals surface area contributed by atoms with Crippen LogP contribution in [0.1, 0.15) is 18.2 Å². The van der Waals surface area contributed by atoms with Gasteiger partial charge in [-0.2, -0.15) is 5.10 Å². The highest BCUT2D eigenvalue weighted by Crippen LogP contribution is 2.19. The van der Waals surface area contributed by atoms with Gasteiger partial charge in [0.15, 0.2) is 0 Å². The minimum absolute atomic E-state index is 0.692. The zero-order valence-electron chi connectivity index (χ0n) is 11.8. The highest BCUT2D eigenvalue weighted by Gasteiger charge is 2.09. The molecule has 0 atom stereocenters. The van der Waals surface area contributed by atoms with Crippen LogP contribution >= 0.6 is 0 Å². The quantitative estimate of drug-likeness (QED) is 0.772. The maximum Gasteiger partial charge on any atom is 0.0900 e. The van der Waals surface area contributed by atoms with Gasteiger partial charge in [-0.25, -0.2) is 0 Å². The largest absolute Gasteiger partial charge is 0.348 e. The lowest BCUT2D eigenvalue weighted by atomic mass is 10.2. The van der Waals surface area contributed by atoms with Crippen LogP contribution in [0, 0.1) is 0 Å². The molecule has 0 radical (unpaired) electrons. The molecule has 2 aromatic heterocycles. The number of aryl methyl sites for hydroxylation is 1. The predicted molar refractivity (Wildman–Crippen MR) is 81.7 cm³/mol. The SMILES string of the molecule is CCn1nc(Cn2ccc(CCN)c2)c2ccccc21. The van der Waals surface area contributed by atoms with E-state index < -0.39 is 0 Å². The first kappa shape index (κ1) is 12.9. The second-order valence-electron chi connectivity index (χ2n) is 5.01. The third-order valence-corrected chi connectivity index (χ3v) is 3.61. The van der Waals surface area contributed by atoms with Gasteiger partial charge in [-0.3, -0.25) is 4.68 Å². The number of aromatic nitrogens is 3. The minimum Gasteiger partial charge on any atom is -0.348 e. The lowest BCUT2D eigenvalue weighted by Crippen LogP contribution is -2.03. The van der Waals surface area contributed by atoms with Crippen LogP contribution in [0.4, 0.5) is 0 Å². The van der Waals surface area contributed by atoms with Crippen molar-refractivity contribution in [1.82, 2.24) is 14.3 Å². The molecular formula is C16H20N4. The van der Waals surface area contributed by atoms with Gasteiger partial charge in [0.1, 0.15) is 0 Å². The molecule has 1 aromatic carbocycles. The van der Waals surface area contributed by atoms with Crippen LogP contribution < -0.4 is 5.73 Å². The molecule has 2 heterocycles. The van der Waals surface area contributed by atoms with Crippen molar-refractivity contribution in [2.75, 3.05) is 6.54 Å². The van der Waals surface area contributed by atoms with Gasteiger partial charge < -0.3 is 10.3 Å². The third-order valence-electron chi connectivity index (χ3n) is 3.61. The number of fused-ring (bicyclic) bond motifs is 1. The lowest BCUT2D eigenvalue weighted by Gasteiger charge is -2.00. The van der Waals surface area contributed by atoms with E-state index >= 15 is 0 Å². The molecule has 0 aliphatic rings. The number of para-hydroxylation sites is 1. The Morgan fingerprint density at radius 3 is 2.85 bits per heavy atom. The molecule has 0 amide bonds. The molecule has 3 rings (SSSR count). The first-order chi connectivity index (χ1) is 9.81. The second-order valence-corrected chi connectivity index (χ2v) is 5.01. The molecule has 0 aliphatic heterocycles. The van der Waals surface area contributed by atoms with Crippen molar-refractivity contribution in [3.63, 3.8) is 0 Å². The zero-order valence-corrected chi connectivity index (χ0v) is 11.8. The van der Waals surface area contributed by atoms with Crippen LogP contribution in [0.2, 0.25) is 0 Å². The summed E-state index contributed by atoms with van der Waals surface area (Å²) in [6.07, 6.45) is 5.19. The van der Waals surface area contributed by atoms with Crippen molar-refractivity contribution in [2.24, 2.45) is 5.73 Å². The van der Waals surface area contributed by atoms with E-state index in [0.29, 0.717) is 6.54 Å². The molecule has 4 nitrogen and oxygen atoms in total. The number of rotatable bonds is 5. The van der Waals surface area contributed by atoms with Crippen molar-refractivity contribution in [2.45, 2.75) is 26.4 Å². The van der Waals surface area contributed by atoms with Crippen LogP contribution in [-0.4, -0.2) is 20.9 Å². The normalized spacial score (nSPS) is 11.3. The number of nitrogens with two attached hydrogens (primary N) is 1. The molecule has 0 unspecified atom stereocenters. The van der Waals surface area contributed by atoms with Crippen molar-refractivity contribution < 1.29 is 0 Å². The zero-order chi connectivity index (χ0) is 13.9. The average Bonchev–Trinajstić information content (AvgIpc) is 3.05. The molecule has 2 N–H and O–H groups in total. The fourth-order valence-corrected chi connectivity index (χ4v) is 2.63. The summed E-state index contributed by atoms with van der Waals surface area (Å²) >= 11 is 0. The summed E-state index contributed by atoms with van der Waals surface area (Å²) < 4.78 is 4.24. The Balaban J connectivity index is 1.93. The Morgan fingerprint density at radius 1 is 1.20 bits per heavy atom. The monoisotopic (exact) mass is 268 g/mol. The van der Waals surface area contributed by atoms with E-state index in [0.717, 1.165) is 25.2 Å². The van der Waals surface area contributed by atoms with Gasteiger partial charge in [0.05, 0.1) is 17.8 Å². The van der Waals surface area contributed by atoms with Crippen LogP contribution in [0.25, 0.3) is 10.9 Å². The molecule has 0 aliphatic carbocycles. The van der Waals surface area contributed by atoms with Gasteiger partial charge in [0.2, 0.25) is 0 Å². The smallest absolute Gasteiger partial charge is 0.0900 e. The summed E-state index contributed by atoms with van der Waals surface area (Å²) in [5.41, 5.74) is 9.21. The van der Waals surface area contributed by atoms with Gasteiger partial charge in [-0.15, -0.1) is 0 Å². The number of nitrogens with zero attached hydrogens (tertiary/aromatic N) is 3. The number of hydrogen-bond acceptors (Lipinski definition) is 2.